The Morgan fingerprint density at radius 3 is 2.93 bits per heavy atom. The second-order valence-electron chi connectivity index (χ2n) is 2.73. The summed E-state index contributed by atoms with van der Waals surface area (Å²) in [4.78, 5) is 11.0. The van der Waals surface area contributed by atoms with E-state index < -0.39 is 5.97 Å². The van der Waals surface area contributed by atoms with Gasteiger partial charge >= 0.3 is 96.9 Å². The number of hydrogen-bond donors (Lipinski definition) is 1. The fraction of sp³-hybridized carbons (Fsp3) is 0.125. The molecule has 0 amide bonds. The number of nitrogens with zero attached hydrogens (tertiary/aromatic N) is 3. The van der Waals surface area contributed by atoms with E-state index in [9.17, 15) is 4.79 Å². The first-order chi connectivity index (χ1) is 7.15. The van der Waals surface area contributed by atoms with E-state index in [0.717, 1.165) is 0 Å². The zero-order valence-corrected chi connectivity index (χ0v) is 9.04. The maximum atomic E-state index is 11.0. The van der Waals surface area contributed by atoms with Crippen molar-refractivity contribution in [1.82, 2.24) is 13.4 Å². The number of fused-ring (bicyclic) bond motifs is 1. The van der Waals surface area contributed by atoms with Crippen LogP contribution in [0.5, 0.6) is 5.75 Å². The van der Waals surface area contributed by atoms with E-state index in [-0.39, 0.29) is 16.8 Å². The van der Waals surface area contributed by atoms with Gasteiger partial charge in [0.25, 0.3) is 0 Å². The SMILES string of the molecule is COc1ccc2c(nn[n]2[Ag])c1C(=O)O. The minimum atomic E-state index is -1.09. The summed E-state index contributed by atoms with van der Waals surface area (Å²) in [6.45, 7) is 0. The molecule has 0 saturated carbocycles. The summed E-state index contributed by atoms with van der Waals surface area (Å²) in [7, 11) is 1.41. The van der Waals surface area contributed by atoms with Crippen LogP contribution < -0.4 is 4.74 Å². The molecule has 7 heteroatoms. The Kier molecular flexibility index (Phi) is 2.47. The van der Waals surface area contributed by atoms with E-state index in [1.165, 1.54) is 10.2 Å². The van der Waals surface area contributed by atoms with Crippen LogP contribution in [-0.4, -0.2) is 31.6 Å². The molecule has 1 N–H and O–H groups in total. The average Bonchev–Trinajstić information content (AvgIpc) is 2.58. The first-order valence-electron chi connectivity index (χ1n) is 3.93. The summed E-state index contributed by atoms with van der Waals surface area (Å²) < 4.78 is 6.28. The van der Waals surface area contributed by atoms with Gasteiger partial charge in [-0.15, -0.1) is 0 Å². The molecule has 0 saturated heterocycles. The molecule has 0 radical (unpaired) electrons. The van der Waals surface area contributed by atoms with Crippen molar-refractivity contribution in [3.05, 3.63) is 17.7 Å². The Hall–Kier alpha value is -1.37. The molecule has 2 rings (SSSR count). The molecular formula is C8H6AgN3O3. The first-order valence-corrected chi connectivity index (χ1v) is 4.60. The predicted molar refractivity (Wildman–Crippen MR) is 46.4 cm³/mol. The van der Waals surface area contributed by atoms with Crippen LogP contribution in [-0.2, 0) is 21.3 Å². The molecule has 1 heterocycles. The standard InChI is InChI=1S/C8H7N3O3.Ag/c1-14-5-3-2-4-7(10-11-9-4)6(5)8(12)13;/h2-3H,1H3,(H2,9,10,11,12,13);/q;+1/p-1. The third kappa shape index (κ3) is 1.52. The zero-order chi connectivity index (χ0) is 11.0. The van der Waals surface area contributed by atoms with Crippen molar-refractivity contribution in [1.29, 1.82) is 0 Å². The topological polar surface area (TPSA) is 77.2 Å². The predicted octanol–water partition coefficient (Wildman–Crippen LogP) is 0.448. The second-order valence-corrected chi connectivity index (χ2v) is 3.36. The van der Waals surface area contributed by atoms with Crippen molar-refractivity contribution in [2.45, 2.75) is 0 Å². The number of aromatic carboxylic acids is 1. The molecule has 0 bridgehead atoms. The number of methoxy groups -OCH3 is 1. The summed E-state index contributed by atoms with van der Waals surface area (Å²) in [6.07, 6.45) is 0. The van der Waals surface area contributed by atoms with E-state index in [2.05, 4.69) is 31.6 Å². The quantitative estimate of drug-likeness (QED) is 0.815. The molecular weight excluding hydrogens is 294 g/mol. The Balaban J connectivity index is 2.85. The number of rotatable bonds is 2. The number of ether oxygens (including phenoxy) is 1. The van der Waals surface area contributed by atoms with Crippen molar-refractivity contribution in [2.75, 3.05) is 7.11 Å². The van der Waals surface area contributed by atoms with Gasteiger partial charge in [0, 0.05) is 0 Å². The van der Waals surface area contributed by atoms with Gasteiger partial charge < -0.3 is 0 Å². The van der Waals surface area contributed by atoms with Crippen molar-refractivity contribution in [3.63, 3.8) is 0 Å². The number of aromatic nitrogens is 3. The van der Waals surface area contributed by atoms with Crippen molar-refractivity contribution in [2.24, 2.45) is 0 Å². The molecule has 0 atom stereocenters. The fourth-order valence-electron chi connectivity index (χ4n) is 1.30. The number of benzene rings is 1. The molecule has 0 fully saturated rings. The van der Waals surface area contributed by atoms with E-state index in [1.54, 1.807) is 12.1 Å². The van der Waals surface area contributed by atoms with Gasteiger partial charge in [-0.1, -0.05) is 0 Å². The average molecular weight is 300 g/mol. The summed E-state index contributed by atoms with van der Waals surface area (Å²) in [5, 5.41) is 16.5. The second kappa shape index (κ2) is 3.65. The van der Waals surface area contributed by atoms with Crippen LogP contribution in [0.25, 0.3) is 11.0 Å². The monoisotopic (exact) mass is 299 g/mol. The van der Waals surface area contributed by atoms with Crippen molar-refractivity contribution in [3.8, 4) is 5.75 Å². The fourth-order valence-corrected chi connectivity index (χ4v) is 1.64. The first kappa shape index (κ1) is 10.2. The van der Waals surface area contributed by atoms with Crippen LogP contribution in [0.2, 0.25) is 0 Å². The molecule has 2 aromatic rings. The number of carboxylic acid groups (broad SMARTS) is 1. The van der Waals surface area contributed by atoms with Crippen LogP contribution in [0.4, 0.5) is 0 Å². The van der Waals surface area contributed by atoms with Crippen LogP contribution in [0, 0.1) is 0 Å². The van der Waals surface area contributed by atoms with Gasteiger partial charge in [0.05, 0.1) is 0 Å². The van der Waals surface area contributed by atoms with Crippen LogP contribution in [0.1, 0.15) is 10.4 Å². The molecule has 1 aromatic carbocycles. The van der Waals surface area contributed by atoms with Crippen molar-refractivity contribution >= 4 is 17.0 Å². The molecule has 0 unspecified atom stereocenters. The summed E-state index contributed by atoms with van der Waals surface area (Å²) in [5.41, 5.74) is 0.880. The number of carbonyl (C=O) groups is 1. The molecule has 0 aliphatic rings. The Morgan fingerprint density at radius 2 is 2.33 bits per heavy atom. The third-order valence-corrected chi connectivity index (χ3v) is 2.44. The van der Waals surface area contributed by atoms with Gasteiger partial charge in [0.1, 0.15) is 0 Å². The normalized spacial score (nSPS) is 10.6. The molecule has 15 heavy (non-hydrogen) atoms. The third-order valence-electron chi connectivity index (χ3n) is 1.95. The van der Waals surface area contributed by atoms with Gasteiger partial charge in [-0.2, -0.15) is 0 Å². The molecule has 0 aliphatic heterocycles. The van der Waals surface area contributed by atoms with Crippen LogP contribution in [0.15, 0.2) is 12.1 Å². The zero-order valence-electron chi connectivity index (χ0n) is 7.56. The van der Waals surface area contributed by atoms with E-state index >= 15 is 0 Å². The Bertz CT molecular complexity index is 537. The van der Waals surface area contributed by atoms with Gasteiger partial charge in [-0.05, 0) is 0 Å². The van der Waals surface area contributed by atoms with Gasteiger partial charge in [-0.3, -0.25) is 0 Å². The van der Waals surface area contributed by atoms with Crippen LogP contribution in [0.3, 0.4) is 0 Å². The van der Waals surface area contributed by atoms with E-state index in [0.29, 0.717) is 5.52 Å². The summed E-state index contributed by atoms with van der Waals surface area (Å²) in [5.74, 6) is -0.826. The van der Waals surface area contributed by atoms with Crippen molar-refractivity contribution < 1.29 is 36.0 Å². The van der Waals surface area contributed by atoms with Gasteiger partial charge in [0.15, 0.2) is 0 Å². The van der Waals surface area contributed by atoms with Crippen LogP contribution >= 0.6 is 0 Å². The molecule has 82 valence electrons. The Morgan fingerprint density at radius 1 is 1.60 bits per heavy atom. The molecule has 6 nitrogen and oxygen atoms in total. The number of carboxylic acids is 1. The molecule has 1 aromatic heterocycles. The Labute approximate surface area is 97.1 Å². The van der Waals surface area contributed by atoms with Gasteiger partial charge in [0.2, 0.25) is 0 Å². The minimum absolute atomic E-state index is 0.0141. The van der Waals surface area contributed by atoms with E-state index in [1.807, 2.05) is 0 Å². The molecule has 0 spiro atoms. The molecule has 0 aliphatic carbocycles. The summed E-state index contributed by atoms with van der Waals surface area (Å²) in [6, 6.07) is 3.24. The summed E-state index contributed by atoms with van der Waals surface area (Å²) >= 11 is 3.12. The van der Waals surface area contributed by atoms with Gasteiger partial charge in [-0.25, -0.2) is 0 Å². The number of hydrogen-bond acceptors (Lipinski definition) is 4. The maximum absolute atomic E-state index is 11.0. The van der Waals surface area contributed by atoms with E-state index in [4.69, 9.17) is 9.84 Å².